The van der Waals surface area contributed by atoms with Gasteiger partial charge in [0.2, 0.25) is 0 Å². The van der Waals surface area contributed by atoms with Gasteiger partial charge < -0.3 is 9.84 Å². The van der Waals surface area contributed by atoms with Gasteiger partial charge >= 0.3 is 0 Å². The number of aliphatic hydroxyl groups excluding tert-OH is 1. The number of ether oxygens (including phenoxy) is 1. The third-order valence-electron chi connectivity index (χ3n) is 2.30. The molecule has 0 aromatic carbocycles. The SMILES string of the molecule is OCC(COc1cccnc1)c1ccc(Br)s1. The third kappa shape index (κ3) is 3.52. The molecule has 0 radical (unpaired) electrons. The van der Waals surface area contributed by atoms with Crippen LogP contribution in [0.5, 0.6) is 5.75 Å². The maximum Gasteiger partial charge on any atom is 0.137 e. The maximum absolute atomic E-state index is 9.36. The fourth-order valence-electron chi connectivity index (χ4n) is 1.40. The van der Waals surface area contributed by atoms with Crippen LogP contribution in [0.25, 0.3) is 0 Å². The predicted molar refractivity (Wildman–Crippen MR) is 71.6 cm³/mol. The van der Waals surface area contributed by atoms with Crippen LogP contribution in [0.3, 0.4) is 0 Å². The second-order valence-corrected chi connectivity index (χ2v) is 6.02. The van der Waals surface area contributed by atoms with Crippen molar-refractivity contribution in [3.8, 4) is 5.75 Å². The van der Waals surface area contributed by atoms with Crippen molar-refractivity contribution in [2.45, 2.75) is 5.92 Å². The van der Waals surface area contributed by atoms with Crippen molar-refractivity contribution in [1.29, 1.82) is 0 Å². The monoisotopic (exact) mass is 313 g/mol. The molecule has 0 saturated heterocycles. The highest BCUT2D eigenvalue weighted by Gasteiger charge is 2.13. The number of hydrogen-bond acceptors (Lipinski definition) is 4. The summed E-state index contributed by atoms with van der Waals surface area (Å²) in [6, 6.07) is 7.66. The molecule has 5 heteroatoms. The minimum Gasteiger partial charge on any atom is -0.491 e. The van der Waals surface area contributed by atoms with E-state index in [2.05, 4.69) is 20.9 Å². The molecular weight excluding hydrogens is 302 g/mol. The minimum atomic E-state index is 0.00602. The summed E-state index contributed by atoms with van der Waals surface area (Å²) in [5.41, 5.74) is 0. The molecule has 17 heavy (non-hydrogen) atoms. The Morgan fingerprint density at radius 3 is 2.88 bits per heavy atom. The Morgan fingerprint density at radius 2 is 2.29 bits per heavy atom. The van der Waals surface area contributed by atoms with E-state index in [1.165, 1.54) is 0 Å². The molecule has 90 valence electrons. The molecule has 2 rings (SSSR count). The molecule has 2 aromatic heterocycles. The second kappa shape index (κ2) is 6.14. The van der Waals surface area contributed by atoms with E-state index < -0.39 is 0 Å². The first kappa shape index (κ1) is 12.5. The van der Waals surface area contributed by atoms with Gasteiger partial charge in [-0.3, -0.25) is 4.98 Å². The number of aromatic nitrogens is 1. The largest absolute Gasteiger partial charge is 0.491 e. The molecule has 0 aliphatic heterocycles. The zero-order valence-electron chi connectivity index (χ0n) is 9.04. The highest BCUT2D eigenvalue weighted by atomic mass is 79.9. The van der Waals surface area contributed by atoms with Crippen molar-refractivity contribution < 1.29 is 9.84 Å². The van der Waals surface area contributed by atoms with Crippen LogP contribution in [0.2, 0.25) is 0 Å². The number of nitrogens with zero attached hydrogens (tertiary/aromatic N) is 1. The van der Waals surface area contributed by atoms with Crippen LogP contribution in [-0.4, -0.2) is 23.3 Å². The van der Waals surface area contributed by atoms with E-state index in [0.717, 1.165) is 14.4 Å². The minimum absolute atomic E-state index is 0.00602. The zero-order valence-corrected chi connectivity index (χ0v) is 11.4. The molecule has 1 atom stereocenters. The van der Waals surface area contributed by atoms with Gasteiger partial charge in [0.15, 0.2) is 0 Å². The molecule has 2 heterocycles. The van der Waals surface area contributed by atoms with Crippen molar-refractivity contribution in [1.82, 2.24) is 4.98 Å². The Morgan fingerprint density at radius 1 is 1.41 bits per heavy atom. The van der Waals surface area contributed by atoms with Gasteiger partial charge in [0.05, 0.1) is 29.1 Å². The molecule has 1 unspecified atom stereocenters. The molecule has 0 spiro atoms. The lowest BCUT2D eigenvalue weighted by atomic mass is 10.1. The molecule has 0 amide bonds. The summed E-state index contributed by atoms with van der Waals surface area (Å²) in [6.45, 7) is 0.530. The Hall–Kier alpha value is -0.910. The lowest BCUT2D eigenvalue weighted by molar-refractivity contribution is 0.206. The smallest absolute Gasteiger partial charge is 0.137 e. The second-order valence-electron chi connectivity index (χ2n) is 3.52. The summed E-state index contributed by atoms with van der Waals surface area (Å²) >= 11 is 5.03. The molecule has 0 aliphatic carbocycles. The van der Waals surface area contributed by atoms with Crippen LogP contribution >= 0.6 is 27.3 Å². The Kier molecular flexibility index (Phi) is 4.53. The van der Waals surface area contributed by atoms with Crippen LogP contribution in [0.15, 0.2) is 40.4 Å². The quantitative estimate of drug-likeness (QED) is 0.922. The normalized spacial score (nSPS) is 12.4. The van der Waals surface area contributed by atoms with Gasteiger partial charge in [-0.15, -0.1) is 11.3 Å². The van der Waals surface area contributed by atoms with Crippen LogP contribution in [0.1, 0.15) is 10.8 Å². The van der Waals surface area contributed by atoms with E-state index >= 15 is 0 Å². The summed E-state index contributed by atoms with van der Waals surface area (Å²) in [7, 11) is 0. The van der Waals surface area contributed by atoms with Crippen molar-refractivity contribution in [2.75, 3.05) is 13.2 Å². The van der Waals surface area contributed by atoms with Crippen molar-refractivity contribution in [2.24, 2.45) is 0 Å². The number of aliphatic hydroxyl groups is 1. The van der Waals surface area contributed by atoms with Crippen molar-refractivity contribution in [3.63, 3.8) is 0 Å². The van der Waals surface area contributed by atoms with E-state index in [4.69, 9.17) is 4.74 Å². The van der Waals surface area contributed by atoms with Gasteiger partial charge in [-0.25, -0.2) is 0 Å². The molecular formula is C12H12BrNO2S. The van der Waals surface area contributed by atoms with E-state index in [1.54, 1.807) is 23.7 Å². The van der Waals surface area contributed by atoms with Crippen molar-refractivity contribution >= 4 is 27.3 Å². The zero-order chi connectivity index (χ0) is 12.1. The molecule has 0 bridgehead atoms. The molecule has 3 nitrogen and oxygen atoms in total. The predicted octanol–water partition coefficient (Wildman–Crippen LogP) is 3.06. The van der Waals surface area contributed by atoms with Gasteiger partial charge in [0.1, 0.15) is 5.75 Å². The molecule has 0 fully saturated rings. The van der Waals surface area contributed by atoms with Gasteiger partial charge in [-0.1, -0.05) is 0 Å². The Labute approximate surface area is 112 Å². The van der Waals surface area contributed by atoms with Gasteiger partial charge in [0.25, 0.3) is 0 Å². The number of halogens is 1. The van der Waals surface area contributed by atoms with Crippen LogP contribution in [-0.2, 0) is 0 Å². The van der Waals surface area contributed by atoms with Crippen LogP contribution < -0.4 is 4.74 Å². The average Bonchev–Trinajstić information content (AvgIpc) is 2.78. The summed E-state index contributed by atoms with van der Waals surface area (Å²) in [5, 5.41) is 9.36. The topological polar surface area (TPSA) is 42.4 Å². The molecule has 1 N–H and O–H groups in total. The first-order valence-corrected chi connectivity index (χ1v) is 6.79. The van der Waals surface area contributed by atoms with E-state index in [9.17, 15) is 5.11 Å². The molecule has 0 saturated carbocycles. The molecule has 0 aliphatic rings. The highest BCUT2D eigenvalue weighted by Crippen LogP contribution is 2.28. The van der Waals surface area contributed by atoms with Gasteiger partial charge in [0, 0.05) is 11.1 Å². The van der Waals surface area contributed by atoms with Crippen LogP contribution in [0, 0.1) is 0 Å². The van der Waals surface area contributed by atoms with Crippen LogP contribution in [0.4, 0.5) is 0 Å². The summed E-state index contributed by atoms with van der Waals surface area (Å²) in [6.07, 6.45) is 3.37. The number of rotatable bonds is 5. The average molecular weight is 314 g/mol. The maximum atomic E-state index is 9.36. The van der Waals surface area contributed by atoms with Gasteiger partial charge in [-0.2, -0.15) is 0 Å². The van der Waals surface area contributed by atoms with E-state index in [0.29, 0.717) is 6.61 Å². The van der Waals surface area contributed by atoms with E-state index in [1.807, 2.05) is 24.3 Å². The highest BCUT2D eigenvalue weighted by molar-refractivity contribution is 9.11. The summed E-state index contributed by atoms with van der Waals surface area (Å²) in [5.74, 6) is 0.730. The summed E-state index contributed by atoms with van der Waals surface area (Å²) in [4.78, 5) is 5.09. The summed E-state index contributed by atoms with van der Waals surface area (Å²) < 4.78 is 6.65. The van der Waals surface area contributed by atoms with Crippen molar-refractivity contribution in [3.05, 3.63) is 45.3 Å². The first-order chi connectivity index (χ1) is 8.29. The van der Waals surface area contributed by atoms with Gasteiger partial charge in [-0.05, 0) is 40.2 Å². The molecule has 2 aromatic rings. The Bertz CT molecular complexity index is 461. The first-order valence-electron chi connectivity index (χ1n) is 5.18. The standard InChI is InChI=1S/C12H12BrNO2S/c13-12-4-3-11(17-12)9(7-15)8-16-10-2-1-5-14-6-10/h1-6,9,15H,7-8H2. The number of thiophene rings is 1. The fourth-order valence-corrected chi connectivity index (χ4v) is 2.90. The lowest BCUT2D eigenvalue weighted by Crippen LogP contribution is -2.13. The number of pyridine rings is 1. The third-order valence-corrected chi connectivity index (χ3v) is 4.09. The lowest BCUT2D eigenvalue weighted by Gasteiger charge is -2.13. The number of hydrogen-bond donors (Lipinski definition) is 1. The Balaban J connectivity index is 1.97. The fraction of sp³-hybridized carbons (Fsp3) is 0.250. The van der Waals surface area contributed by atoms with E-state index in [-0.39, 0.29) is 12.5 Å².